The third-order valence-electron chi connectivity index (χ3n) is 2.45. The maximum Gasteiger partial charge on any atom is 0.250 e. The largest absolute Gasteiger partial charge is 0.319 e. The van der Waals surface area contributed by atoms with Crippen LogP contribution in [0.3, 0.4) is 0 Å². The molecule has 19 heavy (non-hydrogen) atoms. The summed E-state index contributed by atoms with van der Waals surface area (Å²) in [5, 5.41) is 4.87. The molecule has 0 aliphatic heterocycles. The van der Waals surface area contributed by atoms with Crippen molar-refractivity contribution in [1.29, 1.82) is 0 Å². The van der Waals surface area contributed by atoms with Gasteiger partial charge in [-0.05, 0) is 32.1 Å². The van der Waals surface area contributed by atoms with Crippen LogP contribution in [0.4, 0.5) is 0 Å². The molecule has 2 heterocycles. The second kappa shape index (κ2) is 6.58. The molecule has 0 atom stereocenters. The fraction of sp³-hybridized carbons (Fsp3) is 0.364. The van der Waals surface area contributed by atoms with Crippen molar-refractivity contribution >= 4 is 32.7 Å². The molecular weight excluding hydrogens is 302 g/mol. The average molecular weight is 317 g/mol. The number of likely N-dealkylation sites (N-methyl/N-ethyl adjacent to an activating group) is 1. The van der Waals surface area contributed by atoms with E-state index in [1.54, 1.807) is 11.6 Å². The number of nitrogens with one attached hydrogen (secondary N) is 2. The van der Waals surface area contributed by atoms with E-state index in [1.165, 1.54) is 22.7 Å². The van der Waals surface area contributed by atoms with Crippen molar-refractivity contribution in [3.8, 4) is 0 Å². The third kappa shape index (κ3) is 4.08. The lowest BCUT2D eigenvalue weighted by molar-refractivity contribution is 0.583. The van der Waals surface area contributed by atoms with Gasteiger partial charge in [0.25, 0.3) is 0 Å². The van der Waals surface area contributed by atoms with Crippen LogP contribution in [0.15, 0.2) is 27.2 Å². The maximum atomic E-state index is 12.1. The molecule has 8 heteroatoms. The van der Waals surface area contributed by atoms with Gasteiger partial charge in [-0.3, -0.25) is 0 Å². The van der Waals surface area contributed by atoms with Gasteiger partial charge in [-0.25, -0.2) is 18.1 Å². The zero-order valence-corrected chi connectivity index (χ0v) is 12.9. The van der Waals surface area contributed by atoms with E-state index in [0.29, 0.717) is 4.21 Å². The van der Waals surface area contributed by atoms with Crippen molar-refractivity contribution in [2.75, 3.05) is 13.6 Å². The summed E-state index contributed by atoms with van der Waals surface area (Å²) >= 11 is 2.76. The van der Waals surface area contributed by atoms with Gasteiger partial charge in [-0.2, -0.15) is 0 Å². The highest BCUT2D eigenvalue weighted by atomic mass is 32.2. The molecule has 0 saturated carbocycles. The highest BCUT2D eigenvalue weighted by Gasteiger charge is 2.16. The predicted octanol–water partition coefficient (Wildman–Crippen LogP) is 1.45. The SMILES string of the molecule is CNCCc1ccc(S(=O)(=O)NCc2cscn2)s1. The van der Waals surface area contributed by atoms with Crippen LogP contribution < -0.4 is 10.0 Å². The Morgan fingerprint density at radius 1 is 1.37 bits per heavy atom. The van der Waals surface area contributed by atoms with Gasteiger partial charge in [0.2, 0.25) is 10.0 Å². The topological polar surface area (TPSA) is 71.1 Å². The Balaban J connectivity index is 2.00. The van der Waals surface area contributed by atoms with Crippen molar-refractivity contribution in [1.82, 2.24) is 15.0 Å². The first-order chi connectivity index (χ1) is 9.12. The number of hydrogen-bond donors (Lipinski definition) is 2. The standard InChI is InChI=1S/C11H15N3O2S3/c1-12-5-4-10-2-3-11(18-10)19(15,16)14-6-9-7-17-8-13-9/h2-3,7-8,12,14H,4-6H2,1H3. The molecule has 0 bridgehead atoms. The molecule has 0 aliphatic carbocycles. The number of thiophene rings is 1. The summed E-state index contributed by atoms with van der Waals surface area (Å²) in [4.78, 5) is 5.10. The van der Waals surface area contributed by atoms with Gasteiger partial charge in [0, 0.05) is 10.3 Å². The van der Waals surface area contributed by atoms with E-state index in [-0.39, 0.29) is 6.54 Å². The van der Waals surface area contributed by atoms with Crippen LogP contribution in [-0.2, 0) is 23.0 Å². The second-order valence-electron chi connectivity index (χ2n) is 3.88. The van der Waals surface area contributed by atoms with Gasteiger partial charge in [0.05, 0.1) is 17.7 Å². The second-order valence-corrected chi connectivity index (χ2v) is 7.76. The Morgan fingerprint density at radius 2 is 2.21 bits per heavy atom. The zero-order chi connectivity index (χ0) is 13.7. The number of aromatic nitrogens is 1. The fourth-order valence-corrected chi connectivity index (χ4v) is 4.41. The summed E-state index contributed by atoms with van der Waals surface area (Å²) in [5.41, 5.74) is 2.42. The Bertz CT molecular complexity index is 605. The van der Waals surface area contributed by atoms with E-state index < -0.39 is 10.0 Å². The molecule has 2 aromatic rings. The number of rotatable bonds is 7. The molecule has 0 aliphatic rings. The molecule has 2 N–H and O–H groups in total. The summed E-state index contributed by atoms with van der Waals surface area (Å²) in [5.74, 6) is 0. The molecule has 0 aromatic carbocycles. The number of hydrogen-bond acceptors (Lipinski definition) is 6. The van der Waals surface area contributed by atoms with E-state index in [4.69, 9.17) is 0 Å². The molecule has 0 spiro atoms. The van der Waals surface area contributed by atoms with Crippen LogP contribution in [0.5, 0.6) is 0 Å². The summed E-state index contributed by atoms with van der Waals surface area (Å²) in [7, 11) is -1.55. The summed E-state index contributed by atoms with van der Waals surface area (Å²) in [6, 6.07) is 3.51. The molecule has 5 nitrogen and oxygen atoms in total. The minimum atomic E-state index is -3.43. The minimum absolute atomic E-state index is 0.232. The molecule has 0 fully saturated rings. The summed E-state index contributed by atoms with van der Waals surface area (Å²) in [6.07, 6.45) is 0.836. The monoisotopic (exact) mass is 317 g/mol. The molecule has 104 valence electrons. The van der Waals surface area contributed by atoms with Crippen molar-refractivity contribution in [2.24, 2.45) is 0 Å². The number of sulfonamides is 1. The van der Waals surface area contributed by atoms with Crippen LogP contribution in [-0.4, -0.2) is 27.0 Å². The first-order valence-electron chi connectivity index (χ1n) is 5.72. The van der Waals surface area contributed by atoms with E-state index in [1.807, 2.05) is 18.5 Å². The van der Waals surface area contributed by atoms with Gasteiger partial charge in [-0.15, -0.1) is 22.7 Å². The van der Waals surface area contributed by atoms with Gasteiger partial charge in [0.1, 0.15) is 4.21 Å². The van der Waals surface area contributed by atoms with Crippen LogP contribution in [0.2, 0.25) is 0 Å². The first kappa shape index (κ1) is 14.6. The Kier molecular flexibility index (Phi) is 5.06. The molecule has 0 unspecified atom stereocenters. The van der Waals surface area contributed by atoms with E-state index in [2.05, 4.69) is 15.0 Å². The van der Waals surface area contributed by atoms with Gasteiger partial charge in [-0.1, -0.05) is 0 Å². The lowest BCUT2D eigenvalue weighted by Gasteiger charge is -2.02. The van der Waals surface area contributed by atoms with Crippen molar-refractivity contribution < 1.29 is 8.42 Å². The van der Waals surface area contributed by atoms with E-state index >= 15 is 0 Å². The number of nitrogens with zero attached hydrogens (tertiary/aromatic N) is 1. The lowest BCUT2D eigenvalue weighted by Crippen LogP contribution is -2.22. The Morgan fingerprint density at radius 3 is 2.89 bits per heavy atom. The number of thiazole rings is 1. The highest BCUT2D eigenvalue weighted by molar-refractivity contribution is 7.91. The molecule has 2 rings (SSSR count). The van der Waals surface area contributed by atoms with Gasteiger partial charge in [0.15, 0.2) is 0 Å². The average Bonchev–Trinajstić information content (AvgIpc) is 3.05. The normalized spacial score (nSPS) is 11.8. The van der Waals surface area contributed by atoms with Crippen LogP contribution >= 0.6 is 22.7 Å². The highest BCUT2D eigenvalue weighted by Crippen LogP contribution is 2.21. The van der Waals surface area contributed by atoms with Crippen LogP contribution in [0.25, 0.3) is 0 Å². The first-order valence-corrected chi connectivity index (χ1v) is 8.96. The van der Waals surface area contributed by atoms with E-state index in [0.717, 1.165) is 23.5 Å². The lowest BCUT2D eigenvalue weighted by atomic mass is 10.3. The minimum Gasteiger partial charge on any atom is -0.319 e. The summed E-state index contributed by atoms with van der Waals surface area (Å²) < 4.78 is 27.1. The van der Waals surface area contributed by atoms with Gasteiger partial charge >= 0.3 is 0 Å². The molecule has 2 aromatic heterocycles. The maximum absolute atomic E-state index is 12.1. The van der Waals surface area contributed by atoms with E-state index in [9.17, 15) is 8.42 Å². The summed E-state index contributed by atoms with van der Waals surface area (Å²) in [6.45, 7) is 1.07. The molecule has 0 amide bonds. The van der Waals surface area contributed by atoms with Crippen molar-refractivity contribution in [3.05, 3.63) is 33.6 Å². The molecule has 0 saturated heterocycles. The quantitative estimate of drug-likeness (QED) is 0.811. The molecular formula is C11H15N3O2S3. The van der Waals surface area contributed by atoms with Crippen molar-refractivity contribution in [3.63, 3.8) is 0 Å². The smallest absolute Gasteiger partial charge is 0.250 e. The molecule has 0 radical (unpaired) electrons. The Hall–Kier alpha value is -0.800. The third-order valence-corrected chi connectivity index (χ3v) is 6.12. The zero-order valence-electron chi connectivity index (χ0n) is 10.4. The van der Waals surface area contributed by atoms with Crippen molar-refractivity contribution in [2.45, 2.75) is 17.2 Å². The van der Waals surface area contributed by atoms with Crippen LogP contribution in [0.1, 0.15) is 10.6 Å². The Labute approximate surface area is 120 Å². The van der Waals surface area contributed by atoms with Crippen LogP contribution in [0, 0.1) is 0 Å². The fourth-order valence-electron chi connectivity index (χ4n) is 1.45. The van der Waals surface area contributed by atoms with Gasteiger partial charge < -0.3 is 5.32 Å². The predicted molar refractivity (Wildman–Crippen MR) is 78.1 cm³/mol.